The van der Waals surface area contributed by atoms with Gasteiger partial charge in [-0.2, -0.15) is 13.2 Å². The van der Waals surface area contributed by atoms with Crippen molar-refractivity contribution in [1.29, 1.82) is 0 Å². The maximum absolute atomic E-state index is 13.2. The number of carbonyl (C=O) groups excluding carboxylic acids is 1. The molecule has 210 valence electrons. The lowest BCUT2D eigenvalue weighted by atomic mass is 10.1. The van der Waals surface area contributed by atoms with Gasteiger partial charge in [0.05, 0.1) is 17.0 Å². The van der Waals surface area contributed by atoms with Crippen LogP contribution in [0, 0.1) is 6.92 Å². The van der Waals surface area contributed by atoms with Crippen LogP contribution in [0.2, 0.25) is 0 Å². The second-order valence-corrected chi connectivity index (χ2v) is 10.8. The molecule has 2 aromatic carbocycles. The van der Waals surface area contributed by atoms with Gasteiger partial charge in [-0.1, -0.05) is 18.2 Å². The van der Waals surface area contributed by atoms with Crippen LogP contribution in [-0.4, -0.2) is 33.8 Å². The van der Waals surface area contributed by atoms with Gasteiger partial charge in [-0.05, 0) is 54.4 Å². The Bertz CT molecular complexity index is 1840. The molecule has 0 aliphatic carbocycles. The van der Waals surface area contributed by atoms with E-state index in [2.05, 4.69) is 30.3 Å². The Balaban J connectivity index is 1.37. The summed E-state index contributed by atoms with van der Waals surface area (Å²) in [6.07, 6.45) is 3.22. The average molecular weight is 582 g/mol. The number of pyridine rings is 1. The monoisotopic (exact) mass is 581 g/mol. The number of halogens is 3. The number of anilines is 3. The molecular weight excluding hydrogens is 559 g/mol. The second kappa shape index (κ2) is 10.9. The highest BCUT2D eigenvalue weighted by Gasteiger charge is 2.32. The van der Waals surface area contributed by atoms with Gasteiger partial charge >= 0.3 is 12.2 Å². The predicted molar refractivity (Wildman–Crippen MR) is 148 cm³/mol. The summed E-state index contributed by atoms with van der Waals surface area (Å²) >= 11 is 0. The largest absolute Gasteiger partial charge is 0.416 e. The third kappa shape index (κ3) is 6.61. The molecule has 3 heterocycles. The SMILES string of the molecule is Cc1ccc(NC(=O)Nc2cccc(-c3cn4ccnc4c(NS(=O)(=O)Cc4ccncc4)n3)c2)cc1C(F)(F)F. The molecule has 0 fully saturated rings. The number of rotatable bonds is 7. The van der Waals surface area contributed by atoms with Gasteiger partial charge in [-0.25, -0.2) is 23.2 Å². The molecule has 0 bridgehead atoms. The number of fused-ring (bicyclic) bond motifs is 1. The molecular formula is C27H22F3N7O3S. The van der Waals surface area contributed by atoms with Crippen LogP contribution < -0.4 is 15.4 Å². The van der Waals surface area contributed by atoms with E-state index < -0.39 is 27.8 Å². The van der Waals surface area contributed by atoms with E-state index in [-0.39, 0.29) is 28.5 Å². The molecule has 3 aromatic heterocycles. The van der Waals surface area contributed by atoms with Gasteiger partial charge in [0.15, 0.2) is 11.5 Å². The number of carbonyl (C=O) groups is 1. The number of benzene rings is 2. The number of hydrogen-bond donors (Lipinski definition) is 3. The number of aromatic nitrogens is 4. The highest BCUT2D eigenvalue weighted by Crippen LogP contribution is 2.33. The van der Waals surface area contributed by atoms with Gasteiger partial charge in [0.2, 0.25) is 10.0 Å². The van der Waals surface area contributed by atoms with Crippen molar-refractivity contribution >= 4 is 38.9 Å². The van der Waals surface area contributed by atoms with Crippen LogP contribution in [0.15, 0.2) is 85.6 Å². The summed E-state index contributed by atoms with van der Waals surface area (Å²) in [5, 5.41) is 5.00. The van der Waals surface area contributed by atoms with Crippen LogP contribution in [0.1, 0.15) is 16.7 Å². The third-order valence-corrected chi connectivity index (χ3v) is 7.17. The van der Waals surface area contributed by atoms with E-state index in [0.29, 0.717) is 22.5 Å². The van der Waals surface area contributed by atoms with Crippen molar-refractivity contribution in [3.63, 3.8) is 0 Å². The number of sulfonamides is 1. The lowest BCUT2D eigenvalue weighted by Crippen LogP contribution is -2.20. The van der Waals surface area contributed by atoms with Crippen molar-refractivity contribution < 1.29 is 26.4 Å². The zero-order valence-corrected chi connectivity index (χ0v) is 22.2. The molecule has 0 saturated carbocycles. The third-order valence-electron chi connectivity index (χ3n) is 5.95. The molecule has 2 amide bonds. The maximum Gasteiger partial charge on any atom is 0.416 e. The molecule has 0 unspecified atom stereocenters. The number of nitrogens with one attached hydrogen (secondary N) is 3. The van der Waals surface area contributed by atoms with E-state index in [0.717, 1.165) is 6.07 Å². The Hall–Kier alpha value is -4.98. The first-order valence-corrected chi connectivity index (χ1v) is 13.7. The van der Waals surface area contributed by atoms with E-state index in [1.807, 2.05) is 0 Å². The van der Waals surface area contributed by atoms with Crippen molar-refractivity contribution in [3.05, 3.63) is 102 Å². The van der Waals surface area contributed by atoms with Crippen molar-refractivity contribution in [1.82, 2.24) is 19.4 Å². The first-order valence-electron chi connectivity index (χ1n) is 12.1. The van der Waals surface area contributed by atoms with Crippen LogP contribution in [0.25, 0.3) is 16.9 Å². The first kappa shape index (κ1) is 27.6. The zero-order chi connectivity index (χ0) is 29.2. The lowest BCUT2D eigenvalue weighted by Gasteiger charge is -2.14. The summed E-state index contributed by atoms with van der Waals surface area (Å²) in [6.45, 7) is 1.34. The van der Waals surface area contributed by atoms with Gasteiger partial charge in [-0.3, -0.25) is 9.71 Å². The van der Waals surface area contributed by atoms with Crippen molar-refractivity contribution in [2.45, 2.75) is 18.9 Å². The summed E-state index contributed by atoms with van der Waals surface area (Å²) in [5.74, 6) is -0.286. The van der Waals surface area contributed by atoms with E-state index in [1.54, 1.807) is 53.2 Å². The summed E-state index contributed by atoms with van der Waals surface area (Å²) in [7, 11) is -3.85. The van der Waals surface area contributed by atoms with Crippen LogP contribution in [0.4, 0.5) is 35.2 Å². The first-order chi connectivity index (χ1) is 19.5. The van der Waals surface area contributed by atoms with Crippen LogP contribution in [0.3, 0.4) is 0 Å². The predicted octanol–water partition coefficient (Wildman–Crippen LogP) is 5.70. The zero-order valence-electron chi connectivity index (χ0n) is 21.3. The fraction of sp³-hybridized carbons (Fsp3) is 0.111. The average Bonchev–Trinajstić information content (AvgIpc) is 3.39. The normalized spacial score (nSPS) is 11.8. The molecule has 5 aromatic rings. The van der Waals surface area contributed by atoms with E-state index in [1.165, 1.54) is 37.6 Å². The highest BCUT2D eigenvalue weighted by atomic mass is 32.2. The summed E-state index contributed by atoms with van der Waals surface area (Å²) in [5.41, 5.74) is 1.24. The van der Waals surface area contributed by atoms with E-state index >= 15 is 0 Å². The van der Waals surface area contributed by atoms with E-state index in [4.69, 9.17) is 0 Å². The number of aryl methyl sites for hydroxylation is 1. The molecule has 0 spiro atoms. The Morgan fingerprint density at radius 1 is 0.976 bits per heavy atom. The Morgan fingerprint density at radius 2 is 1.71 bits per heavy atom. The second-order valence-electron chi connectivity index (χ2n) is 9.04. The minimum Gasteiger partial charge on any atom is -0.308 e. The molecule has 14 heteroatoms. The molecule has 0 radical (unpaired) electrons. The maximum atomic E-state index is 13.2. The van der Waals surface area contributed by atoms with Crippen LogP contribution in [0.5, 0.6) is 0 Å². The number of amides is 2. The Morgan fingerprint density at radius 3 is 2.44 bits per heavy atom. The number of alkyl halides is 3. The van der Waals surface area contributed by atoms with Crippen molar-refractivity contribution in [2.75, 3.05) is 15.4 Å². The number of nitrogens with zero attached hydrogens (tertiary/aromatic N) is 4. The summed E-state index contributed by atoms with van der Waals surface area (Å²) in [4.78, 5) is 25.1. The smallest absolute Gasteiger partial charge is 0.308 e. The van der Waals surface area contributed by atoms with Crippen LogP contribution >= 0.6 is 0 Å². The molecule has 10 nitrogen and oxygen atoms in total. The van der Waals surface area contributed by atoms with Crippen molar-refractivity contribution in [2.24, 2.45) is 0 Å². The molecule has 0 atom stereocenters. The molecule has 0 aliphatic rings. The Labute approximate surface area is 232 Å². The fourth-order valence-corrected chi connectivity index (χ4v) is 5.21. The number of hydrogen-bond acceptors (Lipinski definition) is 6. The molecule has 5 rings (SSSR count). The lowest BCUT2D eigenvalue weighted by molar-refractivity contribution is -0.138. The summed E-state index contributed by atoms with van der Waals surface area (Å²) in [6, 6.07) is 12.5. The van der Waals surface area contributed by atoms with Gasteiger partial charge in [0.25, 0.3) is 0 Å². The quantitative estimate of drug-likeness (QED) is 0.226. The molecule has 41 heavy (non-hydrogen) atoms. The Kier molecular flexibility index (Phi) is 7.32. The number of imidazole rings is 1. The van der Waals surface area contributed by atoms with Gasteiger partial charge in [0.1, 0.15) is 0 Å². The van der Waals surface area contributed by atoms with Gasteiger partial charge < -0.3 is 15.0 Å². The molecule has 3 N–H and O–H groups in total. The van der Waals surface area contributed by atoms with Crippen LogP contribution in [-0.2, 0) is 22.0 Å². The van der Waals surface area contributed by atoms with E-state index in [9.17, 15) is 26.4 Å². The van der Waals surface area contributed by atoms with Crippen molar-refractivity contribution in [3.8, 4) is 11.3 Å². The molecule has 0 saturated heterocycles. The minimum atomic E-state index is -4.55. The molecule has 0 aliphatic heterocycles. The minimum absolute atomic E-state index is 0.0116. The number of urea groups is 1. The van der Waals surface area contributed by atoms with Gasteiger partial charge in [0, 0.05) is 47.9 Å². The fourth-order valence-electron chi connectivity index (χ4n) is 4.08. The standard InChI is InChI=1S/C27H22F3N7O3S/c1-17-5-6-21(14-22(17)27(28,29)30)34-26(38)33-20-4-2-3-19(13-20)23-15-37-12-11-32-25(37)24(35-23)36-41(39,40)16-18-7-9-31-10-8-18/h2-15H,16H2,1H3,(H,35,36)(H2,33,34,38). The topological polar surface area (TPSA) is 130 Å². The highest BCUT2D eigenvalue weighted by molar-refractivity contribution is 7.91. The van der Waals surface area contributed by atoms with Gasteiger partial charge in [-0.15, -0.1) is 0 Å². The summed E-state index contributed by atoms with van der Waals surface area (Å²) < 4.78 is 69.6.